The minimum absolute atomic E-state index is 0.00424. The van der Waals surface area contributed by atoms with Gasteiger partial charge in [0.2, 0.25) is 0 Å². The van der Waals surface area contributed by atoms with Gasteiger partial charge in [-0.15, -0.1) is 0 Å². The van der Waals surface area contributed by atoms with E-state index in [0.29, 0.717) is 0 Å². The lowest BCUT2D eigenvalue weighted by molar-refractivity contribution is 0.173. The first-order valence-corrected chi connectivity index (χ1v) is 4.49. The summed E-state index contributed by atoms with van der Waals surface area (Å²) in [7, 11) is 0. The van der Waals surface area contributed by atoms with Crippen LogP contribution < -0.4 is 5.73 Å². The second-order valence-electron chi connectivity index (χ2n) is 4.10. The van der Waals surface area contributed by atoms with E-state index in [1.807, 2.05) is 0 Å². The maximum absolute atomic E-state index is 6.08. The Kier molecular flexibility index (Phi) is 2.90. The molecule has 0 aromatic carbocycles. The SMILES string of the molecule is CC(C)CCC1(N)CCOC1. The molecule has 2 heteroatoms. The normalized spacial score (nSPS) is 31.6. The summed E-state index contributed by atoms with van der Waals surface area (Å²) in [6.45, 7) is 6.09. The van der Waals surface area contributed by atoms with Crippen LogP contribution in [0.15, 0.2) is 0 Å². The smallest absolute Gasteiger partial charge is 0.0647 e. The molecule has 0 radical (unpaired) electrons. The van der Waals surface area contributed by atoms with Gasteiger partial charge < -0.3 is 10.5 Å². The molecule has 0 bridgehead atoms. The van der Waals surface area contributed by atoms with Crippen molar-refractivity contribution in [3.8, 4) is 0 Å². The van der Waals surface area contributed by atoms with Crippen molar-refractivity contribution in [2.45, 2.75) is 38.6 Å². The monoisotopic (exact) mass is 157 g/mol. The summed E-state index contributed by atoms with van der Waals surface area (Å²) in [5, 5.41) is 0. The Labute approximate surface area is 69.1 Å². The molecule has 1 fully saturated rings. The van der Waals surface area contributed by atoms with E-state index in [1.54, 1.807) is 0 Å². The highest BCUT2D eigenvalue weighted by molar-refractivity contribution is 4.87. The van der Waals surface area contributed by atoms with Crippen molar-refractivity contribution in [3.05, 3.63) is 0 Å². The first-order valence-electron chi connectivity index (χ1n) is 4.49. The highest BCUT2D eigenvalue weighted by Gasteiger charge is 2.29. The van der Waals surface area contributed by atoms with Gasteiger partial charge in [-0.1, -0.05) is 13.8 Å². The highest BCUT2D eigenvalue weighted by atomic mass is 16.5. The number of ether oxygens (including phenoxy) is 1. The fourth-order valence-corrected chi connectivity index (χ4v) is 1.40. The van der Waals surface area contributed by atoms with Gasteiger partial charge in [0.05, 0.1) is 6.61 Å². The molecule has 1 aliphatic rings. The molecule has 1 aliphatic heterocycles. The largest absolute Gasteiger partial charge is 0.379 e. The Morgan fingerprint density at radius 1 is 1.55 bits per heavy atom. The number of hydrogen-bond acceptors (Lipinski definition) is 2. The molecule has 1 rings (SSSR count). The Morgan fingerprint density at radius 3 is 2.73 bits per heavy atom. The van der Waals surface area contributed by atoms with E-state index in [-0.39, 0.29) is 5.54 Å². The summed E-state index contributed by atoms with van der Waals surface area (Å²) in [6.07, 6.45) is 3.38. The third-order valence-electron chi connectivity index (χ3n) is 2.35. The van der Waals surface area contributed by atoms with Crippen molar-refractivity contribution in [3.63, 3.8) is 0 Å². The van der Waals surface area contributed by atoms with E-state index in [1.165, 1.54) is 6.42 Å². The van der Waals surface area contributed by atoms with Crippen LogP contribution in [-0.2, 0) is 4.74 Å². The van der Waals surface area contributed by atoms with Gasteiger partial charge in [0.1, 0.15) is 0 Å². The van der Waals surface area contributed by atoms with E-state index < -0.39 is 0 Å². The van der Waals surface area contributed by atoms with Gasteiger partial charge in [-0.25, -0.2) is 0 Å². The molecule has 0 aromatic heterocycles. The topological polar surface area (TPSA) is 35.2 Å². The fraction of sp³-hybridized carbons (Fsp3) is 1.00. The van der Waals surface area contributed by atoms with Gasteiger partial charge >= 0.3 is 0 Å². The molecule has 1 heterocycles. The zero-order chi connectivity index (χ0) is 8.32. The van der Waals surface area contributed by atoms with E-state index in [0.717, 1.165) is 32.0 Å². The Balaban J connectivity index is 2.23. The highest BCUT2D eigenvalue weighted by Crippen LogP contribution is 2.22. The van der Waals surface area contributed by atoms with Crippen molar-refractivity contribution >= 4 is 0 Å². The van der Waals surface area contributed by atoms with E-state index in [4.69, 9.17) is 10.5 Å². The van der Waals surface area contributed by atoms with Crippen molar-refractivity contribution in [1.29, 1.82) is 0 Å². The van der Waals surface area contributed by atoms with Crippen LogP contribution in [0.5, 0.6) is 0 Å². The zero-order valence-electron chi connectivity index (χ0n) is 7.60. The van der Waals surface area contributed by atoms with Gasteiger partial charge in [0.15, 0.2) is 0 Å². The lowest BCUT2D eigenvalue weighted by atomic mass is 9.91. The summed E-state index contributed by atoms with van der Waals surface area (Å²) < 4.78 is 5.27. The first kappa shape index (κ1) is 9.01. The Hall–Kier alpha value is -0.0800. The van der Waals surface area contributed by atoms with Crippen molar-refractivity contribution in [2.75, 3.05) is 13.2 Å². The quantitative estimate of drug-likeness (QED) is 0.674. The molecular formula is C9H19NO. The van der Waals surface area contributed by atoms with Crippen LogP contribution in [0.25, 0.3) is 0 Å². The summed E-state index contributed by atoms with van der Waals surface area (Å²) in [4.78, 5) is 0. The van der Waals surface area contributed by atoms with E-state index in [2.05, 4.69) is 13.8 Å². The van der Waals surface area contributed by atoms with Gasteiger partial charge in [-0.05, 0) is 25.2 Å². The van der Waals surface area contributed by atoms with Crippen LogP contribution in [0, 0.1) is 5.92 Å². The van der Waals surface area contributed by atoms with Crippen LogP contribution in [0.2, 0.25) is 0 Å². The molecule has 1 saturated heterocycles. The van der Waals surface area contributed by atoms with Gasteiger partial charge in [0.25, 0.3) is 0 Å². The van der Waals surface area contributed by atoms with Gasteiger partial charge in [-0.3, -0.25) is 0 Å². The average Bonchev–Trinajstić information content (AvgIpc) is 2.33. The molecule has 0 spiro atoms. The van der Waals surface area contributed by atoms with Crippen molar-refractivity contribution in [1.82, 2.24) is 0 Å². The molecule has 2 N–H and O–H groups in total. The molecule has 1 unspecified atom stereocenters. The lowest BCUT2D eigenvalue weighted by Gasteiger charge is -2.22. The predicted octanol–water partition coefficient (Wildman–Crippen LogP) is 1.54. The number of hydrogen-bond donors (Lipinski definition) is 1. The summed E-state index contributed by atoms with van der Waals surface area (Å²) >= 11 is 0. The molecule has 0 amide bonds. The van der Waals surface area contributed by atoms with Crippen LogP contribution in [-0.4, -0.2) is 18.8 Å². The van der Waals surface area contributed by atoms with Crippen LogP contribution in [0.4, 0.5) is 0 Å². The van der Waals surface area contributed by atoms with Crippen molar-refractivity contribution in [2.24, 2.45) is 11.7 Å². The van der Waals surface area contributed by atoms with Crippen LogP contribution in [0.3, 0.4) is 0 Å². The minimum Gasteiger partial charge on any atom is -0.379 e. The maximum atomic E-state index is 6.08. The first-order chi connectivity index (χ1) is 5.12. The maximum Gasteiger partial charge on any atom is 0.0647 e. The summed E-state index contributed by atoms with van der Waals surface area (Å²) in [6, 6.07) is 0. The van der Waals surface area contributed by atoms with Crippen LogP contribution >= 0.6 is 0 Å². The Morgan fingerprint density at radius 2 is 2.27 bits per heavy atom. The van der Waals surface area contributed by atoms with Gasteiger partial charge in [0, 0.05) is 12.1 Å². The third kappa shape index (κ3) is 2.80. The molecule has 66 valence electrons. The Bertz CT molecular complexity index is 117. The summed E-state index contributed by atoms with van der Waals surface area (Å²) in [5.41, 5.74) is 6.09. The second kappa shape index (κ2) is 3.55. The summed E-state index contributed by atoms with van der Waals surface area (Å²) in [5.74, 6) is 0.760. The second-order valence-corrected chi connectivity index (χ2v) is 4.10. The number of rotatable bonds is 3. The zero-order valence-corrected chi connectivity index (χ0v) is 7.60. The van der Waals surface area contributed by atoms with E-state index >= 15 is 0 Å². The molecule has 2 nitrogen and oxygen atoms in total. The average molecular weight is 157 g/mol. The fourth-order valence-electron chi connectivity index (χ4n) is 1.40. The third-order valence-corrected chi connectivity index (χ3v) is 2.35. The molecule has 0 saturated carbocycles. The lowest BCUT2D eigenvalue weighted by Crippen LogP contribution is -2.40. The van der Waals surface area contributed by atoms with Crippen LogP contribution in [0.1, 0.15) is 33.1 Å². The predicted molar refractivity (Wildman–Crippen MR) is 46.4 cm³/mol. The number of nitrogens with two attached hydrogens (primary N) is 1. The molecule has 0 aliphatic carbocycles. The molecular weight excluding hydrogens is 138 g/mol. The van der Waals surface area contributed by atoms with Gasteiger partial charge in [-0.2, -0.15) is 0 Å². The molecule has 1 atom stereocenters. The molecule has 11 heavy (non-hydrogen) atoms. The van der Waals surface area contributed by atoms with Crippen molar-refractivity contribution < 1.29 is 4.74 Å². The molecule has 0 aromatic rings. The minimum atomic E-state index is 0.00424. The standard InChI is InChI=1S/C9H19NO/c1-8(2)3-4-9(10)5-6-11-7-9/h8H,3-7,10H2,1-2H3. The van der Waals surface area contributed by atoms with E-state index in [9.17, 15) is 0 Å².